The summed E-state index contributed by atoms with van der Waals surface area (Å²) in [5, 5.41) is 3.42. The molecule has 1 aliphatic carbocycles. The Morgan fingerprint density at radius 3 is 2.58 bits per heavy atom. The summed E-state index contributed by atoms with van der Waals surface area (Å²) in [4.78, 5) is 4.79. The van der Waals surface area contributed by atoms with Gasteiger partial charge in [-0.05, 0) is 49.1 Å². The zero-order valence-corrected chi connectivity index (χ0v) is 13.3. The van der Waals surface area contributed by atoms with Gasteiger partial charge < -0.3 is 5.32 Å². The van der Waals surface area contributed by atoms with Crippen LogP contribution in [-0.4, -0.2) is 11.5 Å². The third-order valence-electron chi connectivity index (χ3n) is 3.63. The van der Waals surface area contributed by atoms with Gasteiger partial charge in [0.15, 0.2) is 0 Å². The monoisotopic (exact) mass is 262 g/mol. The van der Waals surface area contributed by atoms with Crippen molar-refractivity contribution in [2.24, 2.45) is 5.92 Å². The van der Waals surface area contributed by atoms with E-state index in [2.05, 4.69) is 18.3 Å². The minimum atomic E-state index is 0.812. The molecular weight excluding hydrogens is 232 g/mol. The molecule has 3 rings (SSSR count). The van der Waals surface area contributed by atoms with Crippen molar-refractivity contribution >= 4 is 5.82 Å². The van der Waals surface area contributed by atoms with Gasteiger partial charge in [-0.15, -0.1) is 0 Å². The second-order valence-electron chi connectivity index (χ2n) is 4.98. The van der Waals surface area contributed by atoms with Crippen molar-refractivity contribution in [1.29, 1.82) is 0 Å². The van der Waals surface area contributed by atoms with Gasteiger partial charge in [0, 0.05) is 12.2 Å². The van der Waals surface area contributed by atoms with Crippen LogP contribution in [0.25, 0.3) is 0 Å². The molecule has 1 unspecified atom stereocenters. The van der Waals surface area contributed by atoms with Crippen LogP contribution >= 0.6 is 0 Å². The van der Waals surface area contributed by atoms with Crippen LogP contribution in [0.3, 0.4) is 0 Å². The average Bonchev–Trinajstić information content (AvgIpc) is 2.49. The van der Waals surface area contributed by atoms with Gasteiger partial charge in [-0.3, -0.25) is 0 Å². The van der Waals surface area contributed by atoms with Crippen molar-refractivity contribution in [1.82, 2.24) is 4.98 Å². The number of hydrogen-bond donors (Lipinski definition) is 1. The van der Waals surface area contributed by atoms with Gasteiger partial charge in [0.05, 0.1) is 0 Å². The molecular formula is C17H30N2. The van der Waals surface area contributed by atoms with E-state index in [1.807, 2.05) is 27.7 Å². The molecule has 0 bridgehead atoms. The quantitative estimate of drug-likeness (QED) is 0.738. The first-order valence-corrected chi connectivity index (χ1v) is 8.08. The van der Waals surface area contributed by atoms with Crippen LogP contribution in [0.15, 0.2) is 6.07 Å². The summed E-state index contributed by atoms with van der Waals surface area (Å²) in [6.07, 6.45) is 6.20. The molecule has 0 spiro atoms. The molecule has 0 aromatic carbocycles. The molecule has 0 fully saturated rings. The molecule has 0 saturated heterocycles. The smallest absolute Gasteiger partial charge is 0.129 e. The van der Waals surface area contributed by atoms with E-state index in [0.717, 1.165) is 18.3 Å². The van der Waals surface area contributed by atoms with Crippen molar-refractivity contribution in [3.63, 3.8) is 0 Å². The lowest BCUT2D eigenvalue weighted by atomic mass is 9.87. The van der Waals surface area contributed by atoms with Gasteiger partial charge in [-0.1, -0.05) is 40.7 Å². The van der Waals surface area contributed by atoms with Crippen LogP contribution < -0.4 is 5.32 Å². The van der Waals surface area contributed by atoms with E-state index in [4.69, 9.17) is 4.98 Å². The number of nitrogens with zero attached hydrogens (tertiary/aromatic N) is 1. The number of anilines is 1. The van der Waals surface area contributed by atoms with E-state index < -0.39 is 0 Å². The average molecular weight is 262 g/mol. The number of aryl methyl sites for hydroxylation is 2. The number of nitrogens with one attached hydrogen (secondary N) is 1. The first-order valence-electron chi connectivity index (χ1n) is 8.08. The summed E-state index contributed by atoms with van der Waals surface area (Å²) >= 11 is 0. The Labute approximate surface area is 119 Å². The third kappa shape index (κ3) is 3.95. The molecule has 2 nitrogen and oxygen atoms in total. The standard InChI is InChI=1S/C13H18N2.2C2H6/c1-9-4-5-10-8-11-3-2-6-14-13(11)15-12(10)7-9;2*1-2/h8-9H,2-7H2,1H3,(H,14,15);2*1-2H3. The zero-order valence-electron chi connectivity index (χ0n) is 13.3. The topological polar surface area (TPSA) is 24.9 Å². The van der Waals surface area contributed by atoms with Crippen LogP contribution in [0.1, 0.15) is 64.3 Å². The maximum Gasteiger partial charge on any atom is 0.129 e. The number of aromatic nitrogens is 1. The maximum atomic E-state index is 4.79. The van der Waals surface area contributed by atoms with Gasteiger partial charge in [-0.2, -0.15) is 0 Å². The second kappa shape index (κ2) is 8.19. The van der Waals surface area contributed by atoms with Gasteiger partial charge in [0.25, 0.3) is 0 Å². The van der Waals surface area contributed by atoms with Crippen molar-refractivity contribution < 1.29 is 0 Å². The first-order chi connectivity index (χ1) is 9.33. The van der Waals surface area contributed by atoms with Crippen LogP contribution in [0.4, 0.5) is 5.82 Å². The first kappa shape index (κ1) is 16.0. The van der Waals surface area contributed by atoms with Crippen molar-refractivity contribution in [3.05, 3.63) is 22.9 Å². The minimum Gasteiger partial charge on any atom is -0.370 e. The molecule has 1 aromatic rings. The van der Waals surface area contributed by atoms with Crippen LogP contribution in [0, 0.1) is 5.92 Å². The SMILES string of the molecule is CC.CC.CC1CCc2cc3c(nc2C1)NCCC3. The van der Waals surface area contributed by atoms with Crippen molar-refractivity contribution in [3.8, 4) is 0 Å². The van der Waals surface area contributed by atoms with Gasteiger partial charge >= 0.3 is 0 Å². The summed E-state index contributed by atoms with van der Waals surface area (Å²) in [6, 6.07) is 2.40. The molecule has 1 aliphatic heterocycles. The predicted molar refractivity (Wildman–Crippen MR) is 84.9 cm³/mol. The molecule has 1 atom stereocenters. The predicted octanol–water partition coefficient (Wildman–Crippen LogP) is 4.62. The summed E-state index contributed by atoms with van der Waals surface area (Å²) in [7, 11) is 0. The fraction of sp³-hybridized carbons (Fsp3) is 0.706. The number of fused-ring (bicyclic) bond motifs is 2. The summed E-state index contributed by atoms with van der Waals surface area (Å²) in [6.45, 7) is 11.4. The fourth-order valence-corrected chi connectivity index (χ4v) is 2.70. The van der Waals surface area contributed by atoms with Crippen LogP contribution in [0.2, 0.25) is 0 Å². The lowest BCUT2D eigenvalue weighted by Gasteiger charge is -2.25. The molecule has 2 heterocycles. The molecule has 0 saturated carbocycles. The Kier molecular flexibility index (Phi) is 6.90. The summed E-state index contributed by atoms with van der Waals surface area (Å²) < 4.78 is 0. The van der Waals surface area contributed by atoms with Crippen molar-refractivity contribution in [2.45, 2.75) is 66.7 Å². The Morgan fingerprint density at radius 2 is 1.84 bits per heavy atom. The number of hydrogen-bond acceptors (Lipinski definition) is 2. The van der Waals surface area contributed by atoms with E-state index >= 15 is 0 Å². The minimum absolute atomic E-state index is 0.812. The highest BCUT2D eigenvalue weighted by atomic mass is 15.0. The lowest BCUT2D eigenvalue weighted by Crippen LogP contribution is -2.19. The van der Waals surface area contributed by atoms with Crippen molar-refractivity contribution in [2.75, 3.05) is 11.9 Å². The van der Waals surface area contributed by atoms with Gasteiger partial charge in [-0.25, -0.2) is 4.98 Å². The van der Waals surface area contributed by atoms with Gasteiger partial charge in [0.2, 0.25) is 0 Å². The Morgan fingerprint density at radius 1 is 1.11 bits per heavy atom. The van der Waals surface area contributed by atoms with E-state index in [1.165, 1.54) is 48.9 Å². The molecule has 108 valence electrons. The summed E-state index contributed by atoms with van der Waals surface area (Å²) in [5.41, 5.74) is 4.30. The largest absolute Gasteiger partial charge is 0.370 e. The number of rotatable bonds is 0. The molecule has 2 heteroatoms. The molecule has 0 radical (unpaired) electrons. The Balaban J connectivity index is 0.000000415. The molecule has 1 aromatic heterocycles. The molecule has 1 N–H and O–H groups in total. The zero-order chi connectivity index (χ0) is 14.3. The second-order valence-corrected chi connectivity index (χ2v) is 4.98. The Bertz CT molecular complexity index is 385. The molecule has 2 aliphatic rings. The number of pyridine rings is 1. The maximum absolute atomic E-state index is 4.79. The van der Waals surface area contributed by atoms with Gasteiger partial charge in [0.1, 0.15) is 5.82 Å². The van der Waals surface area contributed by atoms with E-state index in [0.29, 0.717) is 0 Å². The lowest BCUT2D eigenvalue weighted by molar-refractivity contribution is 0.491. The van der Waals surface area contributed by atoms with E-state index in [1.54, 1.807) is 0 Å². The Hall–Kier alpha value is -1.05. The highest BCUT2D eigenvalue weighted by Gasteiger charge is 2.20. The van der Waals surface area contributed by atoms with Crippen LogP contribution in [-0.2, 0) is 19.3 Å². The third-order valence-corrected chi connectivity index (χ3v) is 3.63. The highest BCUT2D eigenvalue weighted by molar-refractivity contribution is 5.50. The normalized spacial score (nSPS) is 19.5. The summed E-state index contributed by atoms with van der Waals surface area (Å²) in [5.74, 6) is 1.97. The van der Waals surface area contributed by atoms with E-state index in [-0.39, 0.29) is 0 Å². The molecule has 0 amide bonds. The van der Waals surface area contributed by atoms with E-state index in [9.17, 15) is 0 Å². The molecule has 19 heavy (non-hydrogen) atoms. The van der Waals surface area contributed by atoms with Crippen LogP contribution in [0.5, 0.6) is 0 Å². The fourth-order valence-electron chi connectivity index (χ4n) is 2.70. The highest BCUT2D eigenvalue weighted by Crippen LogP contribution is 2.29.